The summed E-state index contributed by atoms with van der Waals surface area (Å²) in [5, 5.41) is 2.71. The predicted molar refractivity (Wildman–Crippen MR) is 125 cm³/mol. The minimum atomic E-state index is -0.684. The van der Waals surface area contributed by atoms with Gasteiger partial charge in [-0.2, -0.15) is 0 Å². The summed E-state index contributed by atoms with van der Waals surface area (Å²) in [6.45, 7) is 1.80. The molecule has 172 valence electrons. The van der Waals surface area contributed by atoms with Crippen LogP contribution in [0, 0.1) is 18.6 Å². The van der Waals surface area contributed by atoms with E-state index in [-0.39, 0.29) is 12.5 Å². The molecule has 1 aliphatic carbocycles. The van der Waals surface area contributed by atoms with Crippen LogP contribution >= 0.6 is 0 Å². The molecule has 0 spiro atoms. The maximum Gasteiger partial charge on any atom is 0.251 e. The number of pyridine rings is 1. The average molecular weight is 459 g/mol. The van der Waals surface area contributed by atoms with E-state index in [0.29, 0.717) is 34.2 Å². The lowest BCUT2D eigenvalue weighted by atomic mass is 10.1. The molecule has 1 amide bonds. The lowest BCUT2D eigenvalue weighted by molar-refractivity contribution is 0.0950. The molecular formula is C27H23F2N3O2. The summed E-state index contributed by atoms with van der Waals surface area (Å²) in [4.78, 5) is 17.2. The minimum absolute atomic E-state index is 0.00621. The lowest BCUT2D eigenvalue weighted by Gasteiger charge is -2.13. The number of ether oxygens (including phenoxy) is 1. The minimum Gasteiger partial charge on any atom is -0.457 e. The van der Waals surface area contributed by atoms with Crippen LogP contribution in [0.2, 0.25) is 0 Å². The normalized spacial score (nSPS) is 13.0. The Morgan fingerprint density at radius 1 is 1.12 bits per heavy atom. The number of nitrogens with zero attached hydrogens (tertiary/aromatic N) is 2. The molecule has 0 unspecified atom stereocenters. The van der Waals surface area contributed by atoms with Crippen molar-refractivity contribution in [3.05, 3.63) is 102 Å². The first-order valence-electron chi connectivity index (χ1n) is 11.1. The Morgan fingerprint density at radius 2 is 1.91 bits per heavy atom. The maximum absolute atomic E-state index is 13.4. The quantitative estimate of drug-likeness (QED) is 0.358. The molecule has 0 radical (unpaired) electrons. The van der Waals surface area contributed by atoms with Crippen LogP contribution in [0.4, 0.5) is 8.78 Å². The SMILES string of the molecule is Cc1c(Oc2ccnc(-c3ccn(C4CC4)c3)c2)cccc1C(=O)NCc1cc(F)cc(F)c1. The number of amides is 1. The smallest absolute Gasteiger partial charge is 0.251 e. The second-order valence-electron chi connectivity index (χ2n) is 8.45. The number of hydrogen-bond donors (Lipinski definition) is 1. The van der Waals surface area contributed by atoms with E-state index in [1.54, 1.807) is 37.4 Å². The highest BCUT2D eigenvalue weighted by Crippen LogP contribution is 2.36. The van der Waals surface area contributed by atoms with Crippen molar-refractivity contribution >= 4 is 5.91 Å². The summed E-state index contributed by atoms with van der Waals surface area (Å²) in [7, 11) is 0. The summed E-state index contributed by atoms with van der Waals surface area (Å²) >= 11 is 0. The number of benzene rings is 2. The van der Waals surface area contributed by atoms with Gasteiger partial charge in [-0.25, -0.2) is 8.78 Å². The molecular weight excluding hydrogens is 436 g/mol. The van der Waals surface area contributed by atoms with E-state index < -0.39 is 11.6 Å². The van der Waals surface area contributed by atoms with Gasteiger partial charge in [-0.05, 0) is 61.7 Å². The number of carbonyl (C=O) groups excluding carboxylic acids is 1. The molecule has 0 aliphatic heterocycles. The molecule has 4 aromatic rings. The van der Waals surface area contributed by atoms with Crippen LogP contribution in [-0.4, -0.2) is 15.5 Å². The standard InChI is InChI=1S/C27H23F2N3O2/c1-17-24(27(33)31-15-18-11-20(28)13-21(29)12-18)3-2-4-26(17)34-23-7-9-30-25(14-23)19-8-10-32(16-19)22-5-6-22/h2-4,7-14,16,22H,5-6,15H2,1H3,(H,31,33). The second kappa shape index (κ2) is 9.09. The molecule has 7 heteroatoms. The zero-order chi connectivity index (χ0) is 23.7. The number of aromatic nitrogens is 2. The summed E-state index contributed by atoms with van der Waals surface area (Å²) < 4.78 is 35.1. The second-order valence-corrected chi connectivity index (χ2v) is 8.45. The van der Waals surface area contributed by atoms with E-state index in [0.717, 1.165) is 17.3 Å². The van der Waals surface area contributed by atoms with Gasteiger partial charge < -0.3 is 14.6 Å². The molecule has 2 aromatic heterocycles. The van der Waals surface area contributed by atoms with Gasteiger partial charge in [0.25, 0.3) is 5.91 Å². The van der Waals surface area contributed by atoms with Crippen molar-refractivity contribution in [2.45, 2.75) is 32.4 Å². The zero-order valence-corrected chi connectivity index (χ0v) is 18.6. The summed E-state index contributed by atoms with van der Waals surface area (Å²) in [6, 6.07) is 14.7. The van der Waals surface area contributed by atoms with Gasteiger partial charge in [0.1, 0.15) is 23.1 Å². The third kappa shape index (κ3) is 4.83. The van der Waals surface area contributed by atoms with Crippen LogP contribution in [0.25, 0.3) is 11.3 Å². The molecule has 34 heavy (non-hydrogen) atoms. The van der Waals surface area contributed by atoms with E-state index in [2.05, 4.69) is 27.3 Å². The fraction of sp³-hybridized carbons (Fsp3) is 0.185. The molecule has 0 saturated heterocycles. The topological polar surface area (TPSA) is 56.2 Å². The van der Waals surface area contributed by atoms with Crippen molar-refractivity contribution < 1.29 is 18.3 Å². The predicted octanol–water partition coefficient (Wildman–Crippen LogP) is 6.19. The van der Waals surface area contributed by atoms with Gasteiger partial charge in [-0.3, -0.25) is 9.78 Å². The molecule has 0 bridgehead atoms. The van der Waals surface area contributed by atoms with Gasteiger partial charge in [-0.1, -0.05) is 6.07 Å². The Balaban J connectivity index is 1.31. The number of hydrogen-bond acceptors (Lipinski definition) is 3. The number of nitrogens with one attached hydrogen (secondary N) is 1. The van der Waals surface area contributed by atoms with Gasteiger partial charge >= 0.3 is 0 Å². The van der Waals surface area contributed by atoms with Crippen molar-refractivity contribution in [3.8, 4) is 22.8 Å². The van der Waals surface area contributed by atoms with E-state index >= 15 is 0 Å². The van der Waals surface area contributed by atoms with Gasteiger partial charge in [0.2, 0.25) is 0 Å². The molecule has 2 aromatic carbocycles. The Morgan fingerprint density at radius 3 is 2.68 bits per heavy atom. The van der Waals surface area contributed by atoms with Crippen molar-refractivity contribution in [1.82, 2.24) is 14.9 Å². The molecule has 0 atom stereocenters. The molecule has 5 nitrogen and oxygen atoms in total. The van der Waals surface area contributed by atoms with Gasteiger partial charge in [-0.15, -0.1) is 0 Å². The summed E-state index contributed by atoms with van der Waals surface area (Å²) in [5.41, 5.74) is 3.26. The Bertz CT molecular complexity index is 1340. The Kier molecular flexibility index (Phi) is 5.84. The average Bonchev–Trinajstić information content (AvgIpc) is 3.55. The zero-order valence-electron chi connectivity index (χ0n) is 18.6. The lowest BCUT2D eigenvalue weighted by Crippen LogP contribution is -2.23. The van der Waals surface area contributed by atoms with Crippen LogP contribution in [0.3, 0.4) is 0 Å². The molecule has 1 aliphatic rings. The first-order chi connectivity index (χ1) is 16.5. The van der Waals surface area contributed by atoms with E-state index in [1.807, 2.05) is 12.1 Å². The van der Waals surface area contributed by atoms with Gasteiger partial charge in [0, 0.05) is 60.0 Å². The fourth-order valence-electron chi connectivity index (χ4n) is 3.89. The highest BCUT2D eigenvalue weighted by molar-refractivity contribution is 5.96. The fourth-order valence-corrected chi connectivity index (χ4v) is 3.89. The number of carbonyl (C=O) groups is 1. The van der Waals surface area contributed by atoms with Crippen molar-refractivity contribution in [1.29, 1.82) is 0 Å². The van der Waals surface area contributed by atoms with Crippen molar-refractivity contribution in [2.24, 2.45) is 0 Å². The van der Waals surface area contributed by atoms with E-state index in [1.165, 1.54) is 25.0 Å². The van der Waals surface area contributed by atoms with Crippen LogP contribution in [0.1, 0.15) is 40.4 Å². The van der Waals surface area contributed by atoms with Crippen molar-refractivity contribution in [2.75, 3.05) is 0 Å². The highest BCUT2D eigenvalue weighted by atomic mass is 19.1. The third-order valence-electron chi connectivity index (χ3n) is 5.84. The van der Waals surface area contributed by atoms with Crippen LogP contribution < -0.4 is 10.1 Å². The van der Waals surface area contributed by atoms with E-state index in [9.17, 15) is 13.6 Å². The molecule has 5 rings (SSSR count). The van der Waals surface area contributed by atoms with E-state index in [4.69, 9.17) is 4.74 Å². The maximum atomic E-state index is 13.4. The molecule has 2 heterocycles. The Hall–Kier alpha value is -4.00. The van der Waals surface area contributed by atoms with Crippen LogP contribution in [0.5, 0.6) is 11.5 Å². The van der Waals surface area contributed by atoms with Crippen LogP contribution in [-0.2, 0) is 6.54 Å². The number of halogens is 2. The third-order valence-corrected chi connectivity index (χ3v) is 5.84. The molecule has 1 N–H and O–H groups in total. The molecule has 1 saturated carbocycles. The first-order valence-corrected chi connectivity index (χ1v) is 11.1. The summed E-state index contributed by atoms with van der Waals surface area (Å²) in [6.07, 6.45) is 8.31. The first kappa shape index (κ1) is 21.8. The molecule has 1 fully saturated rings. The van der Waals surface area contributed by atoms with Gasteiger partial charge in [0.15, 0.2) is 0 Å². The van der Waals surface area contributed by atoms with Crippen LogP contribution in [0.15, 0.2) is 73.2 Å². The summed E-state index contributed by atoms with van der Waals surface area (Å²) in [5.74, 6) is -0.574. The highest BCUT2D eigenvalue weighted by Gasteiger charge is 2.23. The number of rotatable bonds is 7. The Labute approximate surface area is 196 Å². The van der Waals surface area contributed by atoms with Gasteiger partial charge in [0.05, 0.1) is 5.69 Å². The van der Waals surface area contributed by atoms with Crippen molar-refractivity contribution in [3.63, 3.8) is 0 Å². The largest absolute Gasteiger partial charge is 0.457 e. The monoisotopic (exact) mass is 459 g/mol.